The van der Waals surface area contributed by atoms with Crippen LogP contribution in [0.1, 0.15) is 5.76 Å². The van der Waals surface area contributed by atoms with E-state index < -0.39 is 0 Å². The molecule has 0 unspecified atom stereocenters. The number of nitrogens with zero attached hydrogens (tertiary/aromatic N) is 3. The molecule has 4 rings (SSSR count). The van der Waals surface area contributed by atoms with E-state index in [0.717, 1.165) is 30.2 Å². The van der Waals surface area contributed by atoms with E-state index in [9.17, 15) is 4.39 Å². The molecule has 1 aromatic carbocycles. The maximum Gasteiger partial charge on any atom is 0.165 e. The first-order chi connectivity index (χ1) is 11.8. The Balaban J connectivity index is 1.31. The molecule has 5 nitrogen and oxygen atoms in total. The standard InChI is InChI=1S/C18H16FN3O2/c19-15-5-1-2-7-18(15)23-14-11-22(12-14)10-13-9-17(21-24-13)16-6-3-4-8-20-16/h1-9,14H,10-12H2. The summed E-state index contributed by atoms with van der Waals surface area (Å²) < 4.78 is 24.6. The number of benzene rings is 1. The Morgan fingerprint density at radius 3 is 2.75 bits per heavy atom. The van der Waals surface area contributed by atoms with Gasteiger partial charge in [-0.3, -0.25) is 9.88 Å². The quantitative estimate of drug-likeness (QED) is 0.721. The molecule has 0 saturated carbocycles. The van der Waals surface area contributed by atoms with Gasteiger partial charge in [-0.2, -0.15) is 0 Å². The summed E-state index contributed by atoms with van der Waals surface area (Å²) in [6, 6.07) is 14.0. The van der Waals surface area contributed by atoms with E-state index in [-0.39, 0.29) is 11.9 Å². The van der Waals surface area contributed by atoms with Crippen LogP contribution < -0.4 is 4.74 Å². The topological polar surface area (TPSA) is 51.4 Å². The largest absolute Gasteiger partial charge is 0.485 e. The van der Waals surface area contributed by atoms with E-state index in [2.05, 4.69) is 15.0 Å². The number of rotatable bonds is 5. The first-order valence-corrected chi connectivity index (χ1v) is 7.78. The molecule has 1 saturated heterocycles. The molecule has 3 aromatic rings. The van der Waals surface area contributed by atoms with Crippen molar-refractivity contribution in [2.24, 2.45) is 0 Å². The molecular weight excluding hydrogens is 309 g/mol. The van der Waals surface area contributed by atoms with Crippen molar-refractivity contribution < 1.29 is 13.7 Å². The van der Waals surface area contributed by atoms with E-state index in [1.807, 2.05) is 24.3 Å². The lowest BCUT2D eigenvalue weighted by Crippen LogP contribution is -2.53. The highest BCUT2D eigenvalue weighted by atomic mass is 19.1. The monoisotopic (exact) mass is 325 g/mol. The van der Waals surface area contributed by atoms with E-state index in [1.54, 1.807) is 24.4 Å². The van der Waals surface area contributed by atoms with Crippen LogP contribution in [0.3, 0.4) is 0 Å². The summed E-state index contributed by atoms with van der Waals surface area (Å²) in [7, 11) is 0. The molecule has 0 bridgehead atoms. The molecule has 0 aliphatic carbocycles. The van der Waals surface area contributed by atoms with Gasteiger partial charge >= 0.3 is 0 Å². The second-order valence-corrected chi connectivity index (χ2v) is 5.76. The van der Waals surface area contributed by atoms with Crippen LogP contribution in [-0.4, -0.2) is 34.2 Å². The van der Waals surface area contributed by atoms with E-state index in [0.29, 0.717) is 12.3 Å². The van der Waals surface area contributed by atoms with E-state index >= 15 is 0 Å². The highest BCUT2D eigenvalue weighted by Crippen LogP contribution is 2.23. The Morgan fingerprint density at radius 2 is 1.96 bits per heavy atom. The summed E-state index contributed by atoms with van der Waals surface area (Å²) >= 11 is 0. The fraction of sp³-hybridized carbons (Fsp3) is 0.222. The van der Waals surface area contributed by atoms with Gasteiger partial charge in [0, 0.05) is 25.4 Å². The average Bonchev–Trinajstić information content (AvgIpc) is 3.04. The van der Waals surface area contributed by atoms with Crippen molar-refractivity contribution in [3.05, 3.63) is 66.3 Å². The van der Waals surface area contributed by atoms with Crippen molar-refractivity contribution in [3.8, 4) is 17.1 Å². The minimum absolute atomic E-state index is 0.0000758. The van der Waals surface area contributed by atoms with Crippen molar-refractivity contribution in [2.45, 2.75) is 12.6 Å². The zero-order valence-electron chi connectivity index (χ0n) is 12.9. The van der Waals surface area contributed by atoms with Crippen LogP contribution in [-0.2, 0) is 6.54 Å². The predicted octanol–water partition coefficient (Wildman–Crippen LogP) is 3.14. The van der Waals surface area contributed by atoms with Gasteiger partial charge < -0.3 is 9.26 Å². The maximum absolute atomic E-state index is 13.6. The van der Waals surface area contributed by atoms with Crippen LogP contribution in [0.5, 0.6) is 5.75 Å². The lowest BCUT2D eigenvalue weighted by atomic mass is 10.1. The molecule has 1 aliphatic heterocycles. The number of halogens is 1. The summed E-state index contributed by atoms with van der Waals surface area (Å²) in [5, 5.41) is 4.05. The highest BCUT2D eigenvalue weighted by molar-refractivity contribution is 5.52. The molecule has 2 aromatic heterocycles. The fourth-order valence-corrected chi connectivity index (χ4v) is 2.69. The number of pyridine rings is 1. The smallest absolute Gasteiger partial charge is 0.165 e. The van der Waals surface area contributed by atoms with Crippen molar-refractivity contribution >= 4 is 0 Å². The van der Waals surface area contributed by atoms with Crippen LogP contribution >= 0.6 is 0 Å². The van der Waals surface area contributed by atoms with Crippen LogP contribution in [0.15, 0.2) is 59.3 Å². The fourth-order valence-electron chi connectivity index (χ4n) is 2.69. The Morgan fingerprint density at radius 1 is 1.12 bits per heavy atom. The van der Waals surface area contributed by atoms with Crippen molar-refractivity contribution in [1.29, 1.82) is 0 Å². The third kappa shape index (κ3) is 3.14. The highest BCUT2D eigenvalue weighted by Gasteiger charge is 2.30. The summed E-state index contributed by atoms with van der Waals surface area (Å²) in [6.07, 6.45) is 1.73. The maximum atomic E-state index is 13.6. The lowest BCUT2D eigenvalue weighted by molar-refractivity contribution is 0.00755. The van der Waals surface area contributed by atoms with Crippen molar-refractivity contribution in [1.82, 2.24) is 15.0 Å². The number of aromatic nitrogens is 2. The number of likely N-dealkylation sites (tertiary alicyclic amines) is 1. The number of para-hydroxylation sites is 1. The van der Waals surface area contributed by atoms with Crippen LogP contribution in [0.2, 0.25) is 0 Å². The second kappa shape index (κ2) is 6.41. The number of hydrogen-bond acceptors (Lipinski definition) is 5. The van der Waals surface area contributed by atoms with Gasteiger partial charge in [0.25, 0.3) is 0 Å². The molecule has 0 amide bonds. The van der Waals surface area contributed by atoms with Crippen LogP contribution in [0.25, 0.3) is 11.4 Å². The van der Waals surface area contributed by atoms with Gasteiger partial charge in [-0.1, -0.05) is 23.4 Å². The number of hydrogen-bond donors (Lipinski definition) is 0. The van der Waals surface area contributed by atoms with Gasteiger partial charge in [0.05, 0.1) is 12.2 Å². The molecule has 0 spiro atoms. The Kier molecular flexibility index (Phi) is 3.96. The van der Waals surface area contributed by atoms with Gasteiger partial charge in [0.2, 0.25) is 0 Å². The van der Waals surface area contributed by atoms with E-state index in [1.165, 1.54) is 6.07 Å². The molecule has 0 radical (unpaired) electrons. The average molecular weight is 325 g/mol. The third-order valence-corrected chi connectivity index (χ3v) is 3.92. The zero-order valence-corrected chi connectivity index (χ0v) is 12.9. The number of ether oxygens (including phenoxy) is 1. The molecule has 122 valence electrons. The Bertz CT molecular complexity index is 816. The first kappa shape index (κ1) is 14.8. The molecular formula is C18H16FN3O2. The lowest BCUT2D eigenvalue weighted by Gasteiger charge is -2.38. The van der Waals surface area contributed by atoms with Crippen LogP contribution in [0.4, 0.5) is 4.39 Å². The first-order valence-electron chi connectivity index (χ1n) is 7.78. The molecule has 6 heteroatoms. The van der Waals surface area contributed by atoms with Crippen molar-refractivity contribution in [2.75, 3.05) is 13.1 Å². The molecule has 0 N–H and O–H groups in total. The molecule has 3 heterocycles. The minimum atomic E-state index is -0.328. The Labute approximate surface area is 138 Å². The molecule has 24 heavy (non-hydrogen) atoms. The summed E-state index contributed by atoms with van der Waals surface area (Å²) in [5.41, 5.74) is 1.52. The molecule has 1 aliphatic rings. The van der Waals surface area contributed by atoms with Crippen molar-refractivity contribution in [3.63, 3.8) is 0 Å². The minimum Gasteiger partial charge on any atom is -0.485 e. The van der Waals surface area contributed by atoms with Gasteiger partial charge in [-0.15, -0.1) is 0 Å². The summed E-state index contributed by atoms with van der Waals surface area (Å²) in [5.74, 6) is 0.755. The SMILES string of the molecule is Fc1ccccc1OC1CN(Cc2cc(-c3ccccn3)no2)C1. The van der Waals surface area contributed by atoms with Crippen LogP contribution in [0, 0.1) is 5.82 Å². The van der Waals surface area contributed by atoms with Gasteiger partial charge in [0.1, 0.15) is 11.8 Å². The summed E-state index contributed by atoms with van der Waals surface area (Å²) in [4.78, 5) is 6.41. The van der Waals surface area contributed by atoms with Gasteiger partial charge in [0.15, 0.2) is 17.3 Å². The third-order valence-electron chi connectivity index (χ3n) is 3.92. The normalized spacial score (nSPS) is 15.2. The Hall–Kier alpha value is -2.73. The second-order valence-electron chi connectivity index (χ2n) is 5.76. The summed E-state index contributed by atoms with van der Waals surface area (Å²) in [6.45, 7) is 2.11. The van der Waals surface area contributed by atoms with E-state index in [4.69, 9.17) is 9.26 Å². The van der Waals surface area contributed by atoms with Gasteiger partial charge in [-0.25, -0.2) is 4.39 Å². The molecule has 0 atom stereocenters. The predicted molar refractivity (Wildman–Crippen MR) is 85.8 cm³/mol. The molecule has 1 fully saturated rings. The van der Waals surface area contributed by atoms with Gasteiger partial charge in [-0.05, 0) is 24.3 Å². The zero-order chi connectivity index (χ0) is 16.4.